The number of aromatic nitrogens is 3. The lowest BCUT2D eigenvalue weighted by Gasteiger charge is -2.08. The summed E-state index contributed by atoms with van der Waals surface area (Å²) >= 11 is 5.98. The molecule has 18 heavy (non-hydrogen) atoms. The number of amides is 1. The standard InChI is InChI=1S/C11H8ClN5O/c12-6-1-2-8-7(3-6)11(9-4-14-17-16-9)13-5-10(18)15-8/h1-4H,5H2,(H,15,18)(H,14,16,17). The van der Waals surface area contributed by atoms with Gasteiger partial charge >= 0.3 is 0 Å². The van der Waals surface area contributed by atoms with E-state index in [2.05, 4.69) is 25.7 Å². The van der Waals surface area contributed by atoms with E-state index in [-0.39, 0.29) is 12.5 Å². The molecule has 0 fully saturated rings. The Bertz CT molecular complexity index is 635. The molecule has 0 saturated carbocycles. The summed E-state index contributed by atoms with van der Waals surface area (Å²) in [6.45, 7) is 0.0562. The van der Waals surface area contributed by atoms with E-state index in [9.17, 15) is 4.79 Å². The number of aromatic amines is 1. The average Bonchev–Trinajstić information content (AvgIpc) is 2.81. The third kappa shape index (κ3) is 1.86. The molecule has 1 aliphatic rings. The van der Waals surface area contributed by atoms with Gasteiger partial charge in [0, 0.05) is 10.6 Å². The van der Waals surface area contributed by atoms with Crippen molar-refractivity contribution in [2.75, 3.05) is 11.9 Å². The fourth-order valence-electron chi connectivity index (χ4n) is 1.79. The van der Waals surface area contributed by atoms with Crippen molar-refractivity contribution in [3.63, 3.8) is 0 Å². The lowest BCUT2D eigenvalue weighted by Crippen LogP contribution is -2.13. The van der Waals surface area contributed by atoms with Crippen LogP contribution in [0.4, 0.5) is 5.69 Å². The topological polar surface area (TPSA) is 83.0 Å². The number of rotatable bonds is 1. The SMILES string of the molecule is O=C1CN=C(c2cnn[nH]2)c2cc(Cl)ccc2N1. The number of H-pyrrole nitrogens is 1. The Morgan fingerprint density at radius 3 is 3.00 bits per heavy atom. The molecule has 7 heteroatoms. The highest BCUT2D eigenvalue weighted by Gasteiger charge is 2.19. The highest BCUT2D eigenvalue weighted by atomic mass is 35.5. The van der Waals surface area contributed by atoms with Crippen LogP contribution in [0.3, 0.4) is 0 Å². The largest absolute Gasteiger partial charge is 0.324 e. The van der Waals surface area contributed by atoms with Crippen LogP contribution in [0.15, 0.2) is 29.4 Å². The summed E-state index contributed by atoms with van der Waals surface area (Å²) in [6, 6.07) is 5.22. The van der Waals surface area contributed by atoms with Crippen LogP contribution in [0.2, 0.25) is 5.02 Å². The van der Waals surface area contributed by atoms with Crippen LogP contribution in [-0.2, 0) is 4.79 Å². The van der Waals surface area contributed by atoms with Crippen molar-refractivity contribution in [3.8, 4) is 0 Å². The van der Waals surface area contributed by atoms with E-state index in [0.29, 0.717) is 22.1 Å². The van der Waals surface area contributed by atoms with E-state index in [1.807, 2.05) is 0 Å². The second-order valence-corrected chi connectivity index (χ2v) is 4.21. The summed E-state index contributed by atoms with van der Waals surface area (Å²) in [7, 11) is 0. The van der Waals surface area contributed by atoms with Gasteiger partial charge in [0.25, 0.3) is 0 Å². The molecule has 6 nitrogen and oxygen atoms in total. The first-order valence-corrected chi connectivity index (χ1v) is 5.62. The highest BCUT2D eigenvalue weighted by molar-refractivity contribution is 6.31. The van der Waals surface area contributed by atoms with Gasteiger partial charge < -0.3 is 5.32 Å². The molecule has 1 amide bonds. The fourth-order valence-corrected chi connectivity index (χ4v) is 1.96. The Hall–Kier alpha value is -2.21. The molecule has 0 saturated heterocycles. The van der Waals surface area contributed by atoms with E-state index < -0.39 is 0 Å². The summed E-state index contributed by atoms with van der Waals surface area (Å²) in [4.78, 5) is 15.8. The molecule has 1 aliphatic heterocycles. The van der Waals surface area contributed by atoms with Crippen LogP contribution in [0, 0.1) is 0 Å². The molecule has 0 aliphatic carbocycles. The smallest absolute Gasteiger partial charge is 0.246 e. The molecule has 1 aromatic heterocycles. The fraction of sp³-hybridized carbons (Fsp3) is 0.0909. The van der Waals surface area contributed by atoms with Gasteiger partial charge in [0.1, 0.15) is 12.2 Å². The van der Waals surface area contributed by atoms with Gasteiger partial charge in [-0.15, -0.1) is 5.10 Å². The molecule has 0 unspecified atom stereocenters. The Balaban J connectivity index is 2.20. The number of halogens is 1. The highest BCUT2D eigenvalue weighted by Crippen LogP contribution is 2.25. The van der Waals surface area contributed by atoms with Gasteiger partial charge in [-0.2, -0.15) is 0 Å². The molecule has 90 valence electrons. The number of hydrogen-bond acceptors (Lipinski definition) is 4. The number of hydrogen-bond donors (Lipinski definition) is 2. The summed E-state index contributed by atoms with van der Waals surface area (Å²) in [5.74, 6) is -0.166. The minimum Gasteiger partial charge on any atom is -0.324 e. The number of carbonyl (C=O) groups excluding carboxylic acids is 1. The third-order valence-electron chi connectivity index (χ3n) is 2.56. The first-order chi connectivity index (χ1) is 8.74. The zero-order valence-electron chi connectivity index (χ0n) is 9.14. The zero-order valence-corrected chi connectivity index (χ0v) is 9.90. The molecule has 3 rings (SSSR count). The Morgan fingerprint density at radius 2 is 2.22 bits per heavy atom. The van der Waals surface area contributed by atoms with Crippen LogP contribution in [0.25, 0.3) is 0 Å². The van der Waals surface area contributed by atoms with Gasteiger partial charge in [-0.05, 0) is 18.2 Å². The molecule has 2 N–H and O–H groups in total. The van der Waals surface area contributed by atoms with E-state index in [4.69, 9.17) is 11.6 Å². The first-order valence-electron chi connectivity index (χ1n) is 5.25. The Morgan fingerprint density at radius 1 is 1.33 bits per heavy atom. The number of benzodiazepines with no additional fused rings is 1. The van der Waals surface area contributed by atoms with Crippen molar-refractivity contribution in [2.24, 2.45) is 4.99 Å². The van der Waals surface area contributed by atoms with Gasteiger partial charge in [-0.25, -0.2) is 0 Å². The molecular formula is C11H8ClN5O. The number of aliphatic imine (C=N–C) groups is 1. The van der Waals surface area contributed by atoms with Crippen LogP contribution < -0.4 is 5.32 Å². The monoisotopic (exact) mass is 261 g/mol. The van der Waals surface area contributed by atoms with Crippen molar-refractivity contribution in [1.82, 2.24) is 15.4 Å². The maximum atomic E-state index is 11.6. The van der Waals surface area contributed by atoms with E-state index in [1.165, 1.54) is 0 Å². The second-order valence-electron chi connectivity index (χ2n) is 3.77. The molecule has 0 atom stereocenters. The minimum absolute atomic E-state index is 0.0562. The van der Waals surface area contributed by atoms with Crippen LogP contribution in [0.5, 0.6) is 0 Å². The Kier molecular flexibility index (Phi) is 2.56. The van der Waals surface area contributed by atoms with Crippen LogP contribution >= 0.6 is 11.6 Å². The number of fused-ring (bicyclic) bond motifs is 1. The molecule has 2 aromatic rings. The van der Waals surface area contributed by atoms with E-state index >= 15 is 0 Å². The normalized spacial score (nSPS) is 14.5. The quantitative estimate of drug-likeness (QED) is 0.810. The van der Waals surface area contributed by atoms with Crippen molar-refractivity contribution in [3.05, 3.63) is 40.7 Å². The van der Waals surface area contributed by atoms with Crippen molar-refractivity contribution in [2.45, 2.75) is 0 Å². The number of nitrogens with one attached hydrogen (secondary N) is 2. The summed E-state index contributed by atoms with van der Waals surface area (Å²) in [5.41, 5.74) is 2.69. The minimum atomic E-state index is -0.166. The van der Waals surface area contributed by atoms with Gasteiger partial charge in [0.05, 0.1) is 17.6 Å². The number of nitrogens with zero attached hydrogens (tertiary/aromatic N) is 3. The van der Waals surface area contributed by atoms with Crippen LogP contribution in [-0.4, -0.2) is 33.6 Å². The van der Waals surface area contributed by atoms with E-state index in [0.717, 1.165) is 5.56 Å². The van der Waals surface area contributed by atoms with Crippen molar-refractivity contribution >= 4 is 28.9 Å². The average molecular weight is 262 g/mol. The second kappa shape index (κ2) is 4.23. The number of anilines is 1. The Labute approximate surface area is 107 Å². The van der Waals surface area contributed by atoms with Gasteiger partial charge in [0.2, 0.25) is 5.91 Å². The molecule has 0 spiro atoms. The van der Waals surface area contributed by atoms with Gasteiger partial charge in [-0.3, -0.25) is 14.9 Å². The summed E-state index contributed by atoms with van der Waals surface area (Å²) in [6.07, 6.45) is 1.55. The number of benzene rings is 1. The lowest BCUT2D eigenvalue weighted by atomic mass is 10.1. The van der Waals surface area contributed by atoms with Gasteiger partial charge in [0.15, 0.2) is 0 Å². The van der Waals surface area contributed by atoms with Crippen molar-refractivity contribution in [1.29, 1.82) is 0 Å². The lowest BCUT2D eigenvalue weighted by molar-refractivity contribution is -0.114. The predicted octanol–water partition coefficient (Wildman–Crippen LogP) is 1.25. The molecular weight excluding hydrogens is 254 g/mol. The third-order valence-corrected chi connectivity index (χ3v) is 2.80. The molecule has 2 heterocycles. The van der Waals surface area contributed by atoms with Crippen LogP contribution in [0.1, 0.15) is 11.3 Å². The maximum absolute atomic E-state index is 11.6. The molecule has 0 bridgehead atoms. The first kappa shape index (κ1) is 10.9. The summed E-state index contributed by atoms with van der Waals surface area (Å²) < 4.78 is 0. The maximum Gasteiger partial charge on any atom is 0.246 e. The van der Waals surface area contributed by atoms with E-state index in [1.54, 1.807) is 24.4 Å². The summed E-state index contributed by atoms with van der Waals surface area (Å²) in [5, 5.41) is 13.5. The zero-order chi connectivity index (χ0) is 12.5. The number of carbonyl (C=O) groups is 1. The molecule has 1 aromatic carbocycles. The van der Waals surface area contributed by atoms with Crippen molar-refractivity contribution < 1.29 is 4.79 Å². The van der Waals surface area contributed by atoms with Gasteiger partial charge in [-0.1, -0.05) is 16.8 Å². The predicted molar refractivity (Wildman–Crippen MR) is 67.0 cm³/mol. The molecule has 0 radical (unpaired) electrons.